The molecule has 0 unspecified atom stereocenters. The predicted molar refractivity (Wildman–Crippen MR) is 43.5 cm³/mol. The Morgan fingerprint density at radius 2 is 2.33 bits per heavy atom. The van der Waals surface area contributed by atoms with Gasteiger partial charge in [-0.05, 0) is 17.8 Å². The lowest BCUT2D eigenvalue weighted by Crippen LogP contribution is -1.85. The molecule has 0 amide bonds. The van der Waals surface area contributed by atoms with Crippen LogP contribution >= 0.6 is 15.9 Å². The average Bonchev–Trinajstić information content (AvgIpc) is 1.88. The van der Waals surface area contributed by atoms with E-state index in [0.29, 0.717) is 0 Å². The van der Waals surface area contributed by atoms with Crippen molar-refractivity contribution < 1.29 is 5.11 Å². The van der Waals surface area contributed by atoms with Gasteiger partial charge in [-0.25, -0.2) is 0 Å². The molecule has 2 heteroatoms. The van der Waals surface area contributed by atoms with E-state index in [2.05, 4.69) is 22.5 Å². The van der Waals surface area contributed by atoms with Crippen molar-refractivity contribution in [2.75, 3.05) is 6.61 Å². The fourth-order valence-electron chi connectivity index (χ4n) is 0.530. The lowest BCUT2D eigenvalue weighted by molar-refractivity contribution is 0.298. The fourth-order valence-corrected chi connectivity index (χ4v) is 0.946. The Kier molecular flexibility index (Phi) is 5.99. The minimum Gasteiger partial charge on any atom is -0.396 e. The standard InChI is InChI=1S/C7H11BrO/c1-2-3-7(6-8)4-5-9/h2,6,9H,1,3-5H2/b7-6-. The maximum absolute atomic E-state index is 8.50. The summed E-state index contributed by atoms with van der Waals surface area (Å²) in [6.45, 7) is 3.80. The van der Waals surface area contributed by atoms with E-state index in [1.165, 1.54) is 5.57 Å². The highest BCUT2D eigenvalue weighted by molar-refractivity contribution is 9.11. The Morgan fingerprint density at radius 3 is 2.67 bits per heavy atom. The molecule has 0 aliphatic carbocycles. The zero-order valence-corrected chi connectivity index (χ0v) is 6.89. The van der Waals surface area contributed by atoms with Crippen LogP contribution in [-0.2, 0) is 0 Å². The minimum atomic E-state index is 0.214. The molecule has 0 spiro atoms. The van der Waals surface area contributed by atoms with E-state index in [-0.39, 0.29) is 6.61 Å². The summed E-state index contributed by atoms with van der Waals surface area (Å²) in [7, 11) is 0. The summed E-state index contributed by atoms with van der Waals surface area (Å²) in [5, 5.41) is 8.50. The Bertz CT molecular complexity index is 107. The van der Waals surface area contributed by atoms with Gasteiger partial charge in [0.25, 0.3) is 0 Å². The predicted octanol–water partition coefficient (Wildman–Crippen LogP) is 2.22. The first-order valence-electron chi connectivity index (χ1n) is 2.85. The lowest BCUT2D eigenvalue weighted by atomic mass is 10.1. The number of hydrogen-bond acceptors (Lipinski definition) is 1. The van der Waals surface area contributed by atoms with Gasteiger partial charge in [0.2, 0.25) is 0 Å². The van der Waals surface area contributed by atoms with Crippen LogP contribution in [0.25, 0.3) is 0 Å². The van der Waals surface area contributed by atoms with E-state index in [0.717, 1.165) is 12.8 Å². The number of allylic oxidation sites excluding steroid dienone is 1. The topological polar surface area (TPSA) is 20.2 Å². The first kappa shape index (κ1) is 8.92. The zero-order valence-electron chi connectivity index (χ0n) is 5.31. The molecule has 0 aromatic rings. The maximum atomic E-state index is 8.50. The van der Waals surface area contributed by atoms with Gasteiger partial charge in [0.05, 0.1) is 0 Å². The SMILES string of the molecule is C=CC/C(=C/Br)CCO. The number of hydrogen-bond donors (Lipinski definition) is 1. The molecule has 52 valence electrons. The molecule has 9 heavy (non-hydrogen) atoms. The Labute approximate surface area is 64.2 Å². The number of aliphatic hydroxyl groups excluding tert-OH is 1. The summed E-state index contributed by atoms with van der Waals surface area (Å²) in [6.07, 6.45) is 3.41. The van der Waals surface area contributed by atoms with Crippen LogP contribution in [0.1, 0.15) is 12.8 Å². The zero-order chi connectivity index (χ0) is 7.11. The van der Waals surface area contributed by atoms with Crippen LogP contribution in [-0.4, -0.2) is 11.7 Å². The van der Waals surface area contributed by atoms with Gasteiger partial charge in [-0.1, -0.05) is 27.6 Å². The van der Waals surface area contributed by atoms with Crippen molar-refractivity contribution >= 4 is 15.9 Å². The van der Waals surface area contributed by atoms with E-state index in [1.807, 2.05) is 11.1 Å². The quantitative estimate of drug-likeness (QED) is 0.675. The van der Waals surface area contributed by atoms with Gasteiger partial charge in [-0.3, -0.25) is 0 Å². The molecule has 0 aliphatic rings. The van der Waals surface area contributed by atoms with E-state index >= 15 is 0 Å². The van der Waals surface area contributed by atoms with Crippen LogP contribution in [0.5, 0.6) is 0 Å². The maximum Gasteiger partial charge on any atom is 0.0468 e. The summed E-state index contributed by atoms with van der Waals surface area (Å²) < 4.78 is 0. The monoisotopic (exact) mass is 190 g/mol. The van der Waals surface area contributed by atoms with Crippen LogP contribution in [0, 0.1) is 0 Å². The van der Waals surface area contributed by atoms with Crippen molar-refractivity contribution in [3.63, 3.8) is 0 Å². The minimum absolute atomic E-state index is 0.214. The number of aliphatic hydroxyl groups is 1. The third-order valence-electron chi connectivity index (χ3n) is 0.994. The molecule has 0 saturated heterocycles. The Balaban J connectivity index is 3.55. The number of rotatable bonds is 4. The summed E-state index contributed by atoms with van der Waals surface area (Å²) >= 11 is 3.20. The second kappa shape index (κ2) is 6.05. The molecule has 0 atom stereocenters. The molecular formula is C7H11BrO. The van der Waals surface area contributed by atoms with Gasteiger partial charge in [0.1, 0.15) is 0 Å². The van der Waals surface area contributed by atoms with Crippen LogP contribution in [0.4, 0.5) is 0 Å². The Morgan fingerprint density at radius 1 is 1.67 bits per heavy atom. The molecule has 0 radical (unpaired) electrons. The summed E-state index contributed by atoms with van der Waals surface area (Å²) in [4.78, 5) is 1.84. The van der Waals surface area contributed by atoms with Crippen molar-refractivity contribution in [3.05, 3.63) is 23.2 Å². The largest absolute Gasteiger partial charge is 0.396 e. The van der Waals surface area contributed by atoms with Gasteiger partial charge >= 0.3 is 0 Å². The van der Waals surface area contributed by atoms with Crippen LogP contribution in [0.15, 0.2) is 23.2 Å². The summed E-state index contributed by atoms with van der Waals surface area (Å²) in [5.41, 5.74) is 1.17. The molecule has 1 N–H and O–H groups in total. The second-order valence-corrected chi connectivity index (χ2v) is 2.19. The van der Waals surface area contributed by atoms with Gasteiger partial charge in [0.15, 0.2) is 0 Å². The van der Waals surface area contributed by atoms with Crippen molar-refractivity contribution in [3.8, 4) is 0 Å². The van der Waals surface area contributed by atoms with Gasteiger partial charge in [-0.15, -0.1) is 6.58 Å². The number of halogens is 1. The van der Waals surface area contributed by atoms with E-state index < -0.39 is 0 Å². The molecule has 1 nitrogen and oxygen atoms in total. The van der Waals surface area contributed by atoms with E-state index in [9.17, 15) is 0 Å². The molecule has 0 heterocycles. The van der Waals surface area contributed by atoms with Crippen molar-refractivity contribution in [2.45, 2.75) is 12.8 Å². The van der Waals surface area contributed by atoms with Crippen LogP contribution in [0.2, 0.25) is 0 Å². The van der Waals surface area contributed by atoms with Crippen LogP contribution < -0.4 is 0 Å². The fraction of sp³-hybridized carbons (Fsp3) is 0.429. The molecule has 0 aromatic carbocycles. The Hall–Kier alpha value is -0.0800. The van der Waals surface area contributed by atoms with Crippen molar-refractivity contribution in [1.82, 2.24) is 0 Å². The average molecular weight is 191 g/mol. The highest BCUT2D eigenvalue weighted by Crippen LogP contribution is 2.08. The molecule has 0 bridgehead atoms. The summed E-state index contributed by atoms with van der Waals surface area (Å²) in [5.74, 6) is 0. The molecule has 0 aliphatic heterocycles. The molecule has 0 rings (SSSR count). The first-order chi connectivity index (χ1) is 4.35. The normalized spacial score (nSPS) is 11.6. The van der Waals surface area contributed by atoms with Gasteiger partial charge in [0, 0.05) is 6.61 Å². The highest BCUT2D eigenvalue weighted by atomic mass is 79.9. The molecule has 0 saturated carbocycles. The van der Waals surface area contributed by atoms with Crippen molar-refractivity contribution in [1.29, 1.82) is 0 Å². The third kappa shape index (κ3) is 4.43. The molecular weight excluding hydrogens is 180 g/mol. The first-order valence-corrected chi connectivity index (χ1v) is 3.76. The van der Waals surface area contributed by atoms with Crippen molar-refractivity contribution in [2.24, 2.45) is 0 Å². The third-order valence-corrected chi connectivity index (χ3v) is 1.64. The highest BCUT2D eigenvalue weighted by Gasteiger charge is 1.90. The van der Waals surface area contributed by atoms with Gasteiger partial charge < -0.3 is 5.11 Å². The molecule has 0 aromatic heterocycles. The summed E-state index contributed by atoms with van der Waals surface area (Å²) in [6, 6.07) is 0. The van der Waals surface area contributed by atoms with Crippen LogP contribution in [0.3, 0.4) is 0 Å². The lowest BCUT2D eigenvalue weighted by Gasteiger charge is -1.97. The second-order valence-electron chi connectivity index (χ2n) is 1.73. The van der Waals surface area contributed by atoms with E-state index in [4.69, 9.17) is 5.11 Å². The molecule has 0 fully saturated rings. The van der Waals surface area contributed by atoms with Gasteiger partial charge in [-0.2, -0.15) is 0 Å². The smallest absolute Gasteiger partial charge is 0.0468 e. The van der Waals surface area contributed by atoms with E-state index in [1.54, 1.807) is 0 Å².